The quantitative estimate of drug-likeness (QED) is 0.601. The lowest BCUT2D eigenvalue weighted by molar-refractivity contribution is 0.0130. The fourth-order valence-electron chi connectivity index (χ4n) is 2.02. The number of rotatable bonds is 6. The monoisotopic (exact) mass is 324 g/mol. The molecule has 6 heteroatoms. The minimum atomic E-state index is -0.462. The highest BCUT2D eigenvalue weighted by Crippen LogP contribution is 2.11. The van der Waals surface area contributed by atoms with E-state index in [2.05, 4.69) is 18.1 Å². The Morgan fingerprint density at radius 1 is 1.17 bits per heavy atom. The molecular formula is C17H28N2O4. The van der Waals surface area contributed by atoms with E-state index in [0.29, 0.717) is 25.5 Å². The third kappa shape index (κ3) is 8.30. The molecule has 0 aliphatic carbocycles. The minimum absolute atomic E-state index is 0.0342. The summed E-state index contributed by atoms with van der Waals surface area (Å²) in [4.78, 5) is 15.9. The van der Waals surface area contributed by atoms with Gasteiger partial charge in [0.15, 0.2) is 0 Å². The van der Waals surface area contributed by atoms with Gasteiger partial charge in [0.1, 0.15) is 23.7 Å². The normalized spacial score (nSPS) is 16.4. The number of amides is 1. The van der Waals surface area contributed by atoms with E-state index >= 15 is 0 Å². The van der Waals surface area contributed by atoms with Gasteiger partial charge in [-0.1, -0.05) is 13.2 Å². The van der Waals surface area contributed by atoms with Crippen molar-refractivity contribution in [3.8, 4) is 0 Å². The lowest BCUT2D eigenvalue weighted by Gasteiger charge is -2.35. The van der Waals surface area contributed by atoms with Crippen molar-refractivity contribution in [2.45, 2.75) is 26.4 Å². The summed E-state index contributed by atoms with van der Waals surface area (Å²) >= 11 is 0. The van der Waals surface area contributed by atoms with Gasteiger partial charge in [-0.05, 0) is 32.9 Å². The van der Waals surface area contributed by atoms with E-state index in [0.717, 1.165) is 19.6 Å². The molecule has 1 N–H and O–H groups in total. The number of aliphatic hydroxyl groups excluding tert-OH is 1. The topological polar surface area (TPSA) is 62.2 Å². The van der Waals surface area contributed by atoms with Crippen LogP contribution in [0.5, 0.6) is 0 Å². The van der Waals surface area contributed by atoms with Crippen LogP contribution in [0.25, 0.3) is 0 Å². The Morgan fingerprint density at radius 2 is 1.78 bits per heavy atom. The second-order valence-corrected chi connectivity index (χ2v) is 6.45. The van der Waals surface area contributed by atoms with Crippen molar-refractivity contribution < 1.29 is 19.4 Å². The van der Waals surface area contributed by atoms with Gasteiger partial charge in [0.05, 0.1) is 0 Å². The van der Waals surface area contributed by atoms with Crippen LogP contribution in [0.3, 0.4) is 0 Å². The fraction of sp³-hybridized carbons (Fsp3) is 0.588. The molecule has 130 valence electrons. The molecule has 1 amide bonds. The zero-order valence-electron chi connectivity index (χ0n) is 14.4. The Kier molecular flexibility index (Phi) is 7.16. The van der Waals surface area contributed by atoms with E-state index in [-0.39, 0.29) is 11.9 Å². The second kappa shape index (κ2) is 8.62. The Hall–Kier alpha value is -1.95. The fourth-order valence-corrected chi connectivity index (χ4v) is 2.02. The summed E-state index contributed by atoms with van der Waals surface area (Å²) in [5.74, 6) is 0.445. The lowest BCUT2D eigenvalue weighted by atomic mass is 10.2. The minimum Gasteiger partial charge on any atom is -0.509 e. The third-order valence-electron chi connectivity index (χ3n) is 3.18. The summed E-state index contributed by atoms with van der Waals surface area (Å²) in [6, 6.07) is 0. The van der Waals surface area contributed by atoms with E-state index in [1.54, 1.807) is 11.0 Å². The maximum atomic E-state index is 12.0. The summed E-state index contributed by atoms with van der Waals surface area (Å²) in [6.07, 6.45) is 2.75. The van der Waals surface area contributed by atoms with Gasteiger partial charge in [-0.15, -0.1) is 0 Å². The molecule has 1 heterocycles. The predicted octanol–water partition coefficient (Wildman–Crippen LogP) is 2.70. The number of carbonyl (C=O) groups excluding carboxylic acids is 1. The van der Waals surface area contributed by atoms with Gasteiger partial charge in [-0.25, -0.2) is 4.79 Å². The van der Waals surface area contributed by atoms with E-state index in [1.165, 1.54) is 6.08 Å². The highest BCUT2D eigenvalue weighted by molar-refractivity contribution is 5.68. The number of hydrogen-bond donors (Lipinski definition) is 1. The standard InChI is InChI=1S/C17H28N2O4/c1-14(20)6-7-15(2)22-13-12-18-8-10-19(11-9-18)16(21)23-17(3,4)5/h6-7,20H,1-2,8-13H2,3-5H3/b7-6-. The summed E-state index contributed by atoms with van der Waals surface area (Å²) in [5.41, 5.74) is -0.462. The van der Waals surface area contributed by atoms with E-state index in [1.807, 2.05) is 20.8 Å². The van der Waals surface area contributed by atoms with Crippen molar-refractivity contribution >= 4 is 6.09 Å². The zero-order chi connectivity index (χ0) is 17.5. The first kappa shape index (κ1) is 19.1. The number of piperazine rings is 1. The van der Waals surface area contributed by atoms with Crippen molar-refractivity contribution in [1.29, 1.82) is 0 Å². The first-order valence-corrected chi connectivity index (χ1v) is 7.75. The van der Waals surface area contributed by atoms with Gasteiger partial charge >= 0.3 is 6.09 Å². The number of ether oxygens (including phenoxy) is 2. The zero-order valence-corrected chi connectivity index (χ0v) is 14.4. The largest absolute Gasteiger partial charge is 0.509 e. The van der Waals surface area contributed by atoms with Crippen LogP contribution in [0.15, 0.2) is 36.8 Å². The number of allylic oxidation sites excluding steroid dienone is 2. The molecule has 0 aromatic carbocycles. The van der Waals surface area contributed by atoms with Gasteiger partial charge in [0.25, 0.3) is 0 Å². The molecule has 0 radical (unpaired) electrons. The highest BCUT2D eigenvalue weighted by Gasteiger charge is 2.25. The summed E-state index contributed by atoms with van der Waals surface area (Å²) in [6.45, 7) is 16.8. The molecule has 0 atom stereocenters. The average molecular weight is 324 g/mol. The molecule has 1 rings (SSSR count). The number of hydrogen-bond acceptors (Lipinski definition) is 5. The molecule has 1 fully saturated rings. The summed E-state index contributed by atoms with van der Waals surface area (Å²) in [5, 5.41) is 8.94. The SMILES string of the molecule is C=C(O)/C=C\C(=C)OCCN1CCN(C(=O)OC(C)(C)C)CC1. The van der Waals surface area contributed by atoms with Crippen molar-refractivity contribution in [3.63, 3.8) is 0 Å². The first-order valence-electron chi connectivity index (χ1n) is 7.75. The Labute approximate surface area is 138 Å². The van der Waals surface area contributed by atoms with Crippen molar-refractivity contribution in [2.24, 2.45) is 0 Å². The van der Waals surface area contributed by atoms with Gasteiger partial charge in [-0.2, -0.15) is 0 Å². The van der Waals surface area contributed by atoms with E-state index in [4.69, 9.17) is 14.6 Å². The molecule has 6 nitrogen and oxygen atoms in total. The highest BCUT2D eigenvalue weighted by atomic mass is 16.6. The van der Waals surface area contributed by atoms with Crippen LogP contribution in [0.1, 0.15) is 20.8 Å². The molecule has 0 aromatic rings. The predicted molar refractivity (Wildman–Crippen MR) is 90.2 cm³/mol. The molecule has 0 spiro atoms. The van der Waals surface area contributed by atoms with E-state index in [9.17, 15) is 4.79 Å². The smallest absolute Gasteiger partial charge is 0.410 e. The average Bonchev–Trinajstić information content (AvgIpc) is 2.44. The van der Waals surface area contributed by atoms with Gasteiger partial charge in [0.2, 0.25) is 0 Å². The first-order chi connectivity index (χ1) is 10.7. The van der Waals surface area contributed by atoms with Crippen LogP contribution >= 0.6 is 0 Å². The molecule has 1 aliphatic rings. The summed E-state index contributed by atoms with van der Waals surface area (Å²) in [7, 11) is 0. The maximum Gasteiger partial charge on any atom is 0.410 e. The van der Waals surface area contributed by atoms with Crippen LogP contribution in [0.2, 0.25) is 0 Å². The molecular weight excluding hydrogens is 296 g/mol. The van der Waals surface area contributed by atoms with Crippen molar-refractivity contribution in [2.75, 3.05) is 39.3 Å². The van der Waals surface area contributed by atoms with Crippen LogP contribution < -0.4 is 0 Å². The van der Waals surface area contributed by atoms with Gasteiger partial charge < -0.3 is 19.5 Å². The van der Waals surface area contributed by atoms with Crippen LogP contribution in [0, 0.1) is 0 Å². The lowest BCUT2D eigenvalue weighted by Crippen LogP contribution is -2.50. The van der Waals surface area contributed by atoms with Crippen LogP contribution in [-0.4, -0.2) is 65.9 Å². The Morgan fingerprint density at radius 3 is 2.30 bits per heavy atom. The molecule has 0 aromatic heterocycles. The third-order valence-corrected chi connectivity index (χ3v) is 3.18. The Balaban J connectivity index is 2.23. The van der Waals surface area contributed by atoms with Gasteiger partial charge in [-0.3, -0.25) is 4.90 Å². The van der Waals surface area contributed by atoms with Crippen LogP contribution in [0.4, 0.5) is 4.79 Å². The van der Waals surface area contributed by atoms with Gasteiger partial charge in [0, 0.05) is 32.7 Å². The molecule has 0 bridgehead atoms. The Bertz CT molecular complexity index is 458. The maximum absolute atomic E-state index is 12.0. The van der Waals surface area contributed by atoms with Crippen molar-refractivity contribution in [3.05, 3.63) is 36.8 Å². The number of aliphatic hydroxyl groups is 1. The van der Waals surface area contributed by atoms with Crippen molar-refractivity contribution in [1.82, 2.24) is 9.80 Å². The number of nitrogens with zero attached hydrogens (tertiary/aromatic N) is 2. The summed E-state index contributed by atoms with van der Waals surface area (Å²) < 4.78 is 10.8. The molecule has 0 saturated carbocycles. The number of carbonyl (C=O) groups is 1. The van der Waals surface area contributed by atoms with E-state index < -0.39 is 5.60 Å². The second-order valence-electron chi connectivity index (χ2n) is 6.45. The van der Waals surface area contributed by atoms with Crippen LogP contribution in [-0.2, 0) is 9.47 Å². The molecule has 1 saturated heterocycles. The molecule has 23 heavy (non-hydrogen) atoms. The molecule has 0 unspecified atom stereocenters. The molecule has 1 aliphatic heterocycles.